The van der Waals surface area contributed by atoms with E-state index in [1.165, 1.54) is 75.3 Å². The van der Waals surface area contributed by atoms with Crippen molar-refractivity contribution in [3.63, 3.8) is 0 Å². The fraction of sp³-hybridized carbons (Fsp3) is 0.556. The van der Waals surface area contributed by atoms with Crippen molar-refractivity contribution < 1.29 is 4.48 Å². The molecular weight excluding hydrogens is 338 g/mol. The van der Waals surface area contributed by atoms with Gasteiger partial charge in [0.15, 0.2) is 0 Å². The summed E-state index contributed by atoms with van der Waals surface area (Å²) in [5.41, 5.74) is 2.92. The molecule has 0 aliphatic heterocycles. The molecule has 28 heavy (non-hydrogen) atoms. The minimum atomic E-state index is 0.561. The van der Waals surface area contributed by atoms with Gasteiger partial charge in [0.2, 0.25) is 0 Å². The molecule has 0 saturated carbocycles. The SMILES string of the molecule is CCCCCCCCCCC[C@H](c1ccccc1)[N+](C)(C)Cc1ccccc1. The molecule has 0 bridgehead atoms. The van der Waals surface area contributed by atoms with Gasteiger partial charge in [0.25, 0.3) is 0 Å². The number of hydrogen-bond acceptors (Lipinski definition) is 0. The van der Waals surface area contributed by atoms with E-state index < -0.39 is 0 Å². The Labute approximate surface area is 174 Å². The Balaban J connectivity index is 1.86. The molecule has 154 valence electrons. The summed E-state index contributed by atoms with van der Waals surface area (Å²) in [5, 5.41) is 0. The lowest BCUT2D eigenvalue weighted by Crippen LogP contribution is -2.42. The fourth-order valence-electron chi connectivity index (χ4n) is 4.41. The van der Waals surface area contributed by atoms with Gasteiger partial charge in [-0.25, -0.2) is 0 Å². The van der Waals surface area contributed by atoms with E-state index in [9.17, 15) is 0 Å². The first-order valence-electron chi connectivity index (χ1n) is 11.5. The topological polar surface area (TPSA) is 0 Å². The fourth-order valence-corrected chi connectivity index (χ4v) is 4.41. The Bertz CT molecular complexity index is 617. The zero-order valence-electron chi connectivity index (χ0n) is 18.6. The molecule has 0 unspecified atom stereocenters. The Morgan fingerprint density at radius 1 is 0.643 bits per heavy atom. The summed E-state index contributed by atoms with van der Waals surface area (Å²) in [6.45, 7) is 3.37. The molecule has 0 amide bonds. The van der Waals surface area contributed by atoms with Gasteiger partial charge < -0.3 is 4.48 Å². The predicted octanol–water partition coefficient (Wildman–Crippen LogP) is 7.93. The highest BCUT2D eigenvalue weighted by Gasteiger charge is 2.29. The van der Waals surface area contributed by atoms with E-state index in [1.807, 2.05) is 0 Å². The summed E-state index contributed by atoms with van der Waals surface area (Å²) >= 11 is 0. The van der Waals surface area contributed by atoms with Crippen molar-refractivity contribution in [2.24, 2.45) is 0 Å². The summed E-state index contributed by atoms with van der Waals surface area (Å²) in [6.07, 6.45) is 13.9. The van der Waals surface area contributed by atoms with E-state index in [-0.39, 0.29) is 0 Å². The molecule has 0 aromatic heterocycles. The Morgan fingerprint density at radius 2 is 1.14 bits per heavy atom. The maximum absolute atomic E-state index is 2.40. The molecule has 1 atom stereocenters. The molecule has 2 aromatic rings. The third-order valence-corrected chi connectivity index (χ3v) is 6.04. The van der Waals surface area contributed by atoms with Gasteiger partial charge in [-0.3, -0.25) is 0 Å². The van der Waals surface area contributed by atoms with Crippen LogP contribution in [0.3, 0.4) is 0 Å². The molecule has 2 aromatic carbocycles. The summed E-state index contributed by atoms with van der Waals surface area (Å²) in [6, 6.07) is 22.7. The summed E-state index contributed by atoms with van der Waals surface area (Å²) in [5.74, 6) is 0. The van der Waals surface area contributed by atoms with Crippen molar-refractivity contribution in [3.05, 3.63) is 71.8 Å². The number of nitrogens with zero attached hydrogens (tertiary/aromatic N) is 1. The summed E-state index contributed by atoms with van der Waals surface area (Å²) in [7, 11) is 4.80. The lowest BCUT2D eigenvalue weighted by Gasteiger charge is -2.39. The zero-order chi connectivity index (χ0) is 20.1. The van der Waals surface area contributed by atoms with Crippen LogP contribution in [0, 0.1) is 0 Å². The van der Waals surface area contributed by atoms with Gasteiger partial charge in [-0.15, -0.1) is 0 Å². The van der Waals surface area contributed by atoms with Crippen molar-refractivity contribution in [1.29, 1.82) is 0 Å². The minimum absolute atomic E-state index is 0.561. The van der Waals surface area contributed by atoms with E-state index in [0.29, 0.717) is 6.04 Å². The molecule has 0 fully saturated rings. The monoisotopic (exact) mass is 380 g/mol. The van der Waals surface area contributed by atoms with E-state index in [1.54, 1.807) is 0 Å². The minimum Gasteiger partial charge on any atom is -0.319 e. The van der Waals surface area contributed by atoms with Crippen LogP contribution in [0.5, 0.6) is 0 Å². The standard InChI is InChI=1S/C27H42N/c1-4-5-6-7-8-9-10-11-18-23-27(26-21-16-13-17-22-26)28(2,3)24-25-19-14-12-15-20-25/h12-17,19-22,27H,4-11,18,23-24H2,1-3H3/q+1/t27-/m1/s1. The van der Waals surface area contributed by atoms with Crippen LogP contribution < -0.4 is 0 Å². The van der Waals surface area contributed by atoms with Crippen LogP contribution in [0.1, 0.15) is 88.3 Å². The molecular formula is C27H42N+. The van der Waals surface area contributed by atoms with Gasteiger partial charge in [-0.1, -0.05) is 119 Å². The highest BCUT2D eigenvalue weighted by molar-refractivity contribution is 5.18. The van der Waals surface area contributed by atoms with E-state index in [0.717, 1.165) is 11.0 Å². The first kappa shape index (κ1) is 22.7. The van der Waals surface area contributed by atoms with Gasteiger partial charge in [-0.2, -0.15) is 0 Å². The van der Waals surface area contributed by atoms with Crippen molar-refractivity contribution in [1.82, 2.24) is 0 Å². The third kappa shape index (κ3) is 8.19. The molecule has 1 nitrogen and oxygen atoms in total. The molecule has 0 N–H and O–H groups in total. The maximum Gasteiger partial charge on any atom is 0.114 e. The molecule has 2 rings (SSSR count). The van der Waals surface area contributed by atoms with Crippen molar-refractivity contribution in [2.45, 2.75) is 83.7 Å². The molecule has 0 aliphatic carbocycles. The second-order valence-electron chi connectivity index (χ2n) is 8.97. The van der Waals surface area contributed by atoms with Crippen LogP contribution in [0.15, 0.2) is 60.7 Å². The van der Waals surface area contributed by atoms with Gasteiger partial charge in [0.1, 0.15) is 12.6 Å². The van der Waals surface area contributed by atoms with Crippen LogP contribution in [0.4, 0.5) is 0 Å². The molecule has 0 radical (unpaired) electrons. The van der Waals surface area contributed by atoms with Gasteiger partial charge in [0.05, 0.1) is 14.1 Å². The number of hydrogen-bond donors (Lipinski definition) is 0. The zero-order valence-corrected chi connectivity index (χ0v) is 18.6. The van der Waals surface area contributed by atoms with E-state index >= 15 is 0 Å². The first-order valence-corrected chi connectivity index (χ1v) is 11.5. The molecule has 0 spiro atoms. The number of benzene rings is 2. The normalized spacial score (nSPS) is 12.8. The first-order chi connectivity index (χ1) is 13.6. The molecule has 0 heterocycles. The van der Waals surface area contributed by atoms with Gasteiger partial charge >= 0.3 is 0 Å². The number of unbranched alkanes of at least 4 members (excludes halogenated alkanes) is 8. The van der Waals surface area contributed by atoms with Crippen LogP contribution in [0.25, 0.3) is 0 Å². The van der Waals surface area contributed by atoms with Crippen molar-refractivity contribution >= 4 is 0 Å². The quantitative estimate of drug-likeness (QED) is 0.230. The lowest BCUT2D eigenvalue weighted by atomic mass is 9.96. The lowest BCUT2D eigenvalue weighted by molar-refractivity contribution is -0.934. The van der Waals surface area contributed by atoms with E-state index in [2.05, 4.69) is 81.7 Å². The Hall–Kier alpha value is -1.60. The Morgan fingerprint density at radius 3 is 1.71 bits per heavy atom. The third-order valence-electron chi connectivity index (χ3n) is 6.04. The van der Waals surface area contributed by atoms with E-state index in [4.69, 9.17) is 0 Å². The van der Waals surface area contributed by atoms with Crippen LogP contribution in [-0.4, -0.2) is 18.6 Å². The highest BCUT2D eigenvalue weighted by atomic mass is 15.3. The van der Waals surface area contributed by atoms with Crippen LogP contribution >= 0.6 is 0 Å². The molecule has 1 heteroatoms. The molecule has 0 aliphatic rings. The average molecular weight is 381 g/mol. The van der Waals surface area contributed by atoms with Crippen molar-refractivity contribution in [2.75, 3.05) is 14.1 Å². The second kappa shape index (κ2) is 12.8. The molecule has 0 saturated heterocycles. The Kier molecular flexibility index (Phi) is 10.4. The number of quaternary nitrogens is 1. The smallest absolute Gasteiger partial charge is 0.114 e. The number of rotatable bonds is 14. The summed E-state index contributed by atoms with van der Waals surface area (Å²) in [4.78, 5) is 0. The average Bonchev–Trinajstić information content (AvgIpc) is 2.70. The second-order valence-corrected chi connectivity index (χ2v) is 8.97. The van der Waals surface area contributed by atoms with Crippen LogP contribution in [-0.2, 0) is 6.54 Å². The highest BCUT2D eigenvalue weighted by Crippen LogP contribution is 2.32. The predicted molar refractivity (Wildman–Crippen MR) is 123 cm³/mol. The van der Waals surface area contributed by atoms with Crippen molar-refractivity contribution in [3.8, 4) is 0 Å². The van der Waals surface area contributed by atoms with Gasteiger partial charge in [0, 0.05) is 17.5 Å². The van der Waals surface area contributed by atoms with Gasteiger partial charge in [-0.05, 0) is 6.42 Å². The largest absolute Gasteiger partial charge is 0.319 e. The summed E-state index contributed by atoms with van der Waals surface area (Å²) < 4.78 is 1.02. The van der Waals surface area contributed by atoms with Crippen LogP contribution in [0.2, 0.25) is 0 Å². The maximum atomic E-state index is 2.40.